The highest BCUT2D eigenvalue weighted by Gasteiger charge is 2.32. The number of ether oxygens (including phenoxy) is 3. The second kappa shape index (κ2) is 8.81. The smallest absolute Gasteiger partial charge is 0.241 e. The number of Topliss-reactive ketones (excluding diaryl/α,β-unsaturated/α-hetero) is 1. The Morgan fingerprint density at radius 3 is 2.52 bits per heavy atom. The lowest BCUT2D eigenvalue weighted by molar-refractivity contribution is 0.0381. The molecule has 0 saturated carbocycles. The predicted molar refractivity (Wildman–Crippen MR) is 104 cm³/mol. The van der Waals surface area contributed by atoms with Gasteiger partial charge in [-0.3, -0.25) is 9.78 Å². The van der Waals surface area contributed by atoms with Crippen molar-refractivity contribution in [1.82, 2.24) is 4.98 Å². The number of nitrogens with zero attached hydrogens (tertiary/aromatic N) is 1. The molecule has 3 rings (SSSR count). The van der Waals surface area contributed by atoms with Gasteiger partial charge in [-0.1, -0.05) is 43.0 Å². The van der Waals surface area contributed by atoms with Crippen LogP contribution in [0.2, 0.25) is 10.0 Å². The van der Waals surface area contributed by atoms with Crippen LogP contribution in [0, 0.1) is 0 Å². The van der Waals surface area contributed by atoms with Crippen LogP contribution in [0.25, 0.3) is 0 Å². The fourth-order valence-corrected chi connectivity index (χ4v) is 3.48. The summed E-state index contributed by atoms with van der Waals surface area (Å²) in [5, 5.41) is 0.714. The van der Waals surface area contributed by atoms with Gasteiger partial charge in [0.25, 0.3) is 0 Å². The van der Waals surface area contributed by atoms with E-state index in [1.54, 1.807) is 19.2 Å². The molecular formula is C20H21Cl2NO4. The number of pyridine rings is 1. The molecule has 2 heterocycles. The molecule has 1 aliphatic rings. The molecule has 0 amide bonds. The second-order valence-electron chi connectivity index (χ2n) is 6.32. The maximum Gasteiger partial charge on any atom is 0.241 e. The van der Waals surface area contributed by atoms with Gasteiger partial charge in [-0.25, -0.2) is 0 Å². The van der Waals surface area contributed by atoms with Gasteiger partial charge in [0.15, 0.2) is 17.3 Å². The Morgan fingerprint density at radius 1 is 1.15 bits per heavy atom. The maximum atomic E-state index is 12.9. The third-order valence-corrected chi connectivity index (χ3v) is 5.08. The molecule has 7 heteroatoms. The zero-order valence-electron chi connectivity index (χ0n) is 15.3. The van der Waals surface area contributed by atoms with Crippen molar-refractivity contribution in [2.45, 2.75) is 45.3 Å². The number of aromatic nitrogens is 1. The Hall–Kier alpha value is -1.98. The fraction of sp³-hybridized carbons (Fsp3) is 0.400. The molecule has 0 saturated heterocycles. The van der Waals surface area contributed by atoms with Crippen LogP contribution in [0.1, 0.15) is 48.5 Å². The lowest BCUT2D eigenvalue weighted by Gasteiger charge is -2.10. The monoisotopic (exact) mass is 409 g/mol. The standard InChI is InChI=1S/C20H21Cl2NO4/c1-3-4-5-6-18-26-19-12(7-8-17(25-2)20(19)27-18)16(24)9-13-14(21)10-23-11-15(13)22/h7-8,10-11,18H,3-6,9H2,1-2H3. The fourth-order valence-electron chi connectivity index (χ4n) is 2.98. The number of hydrogen-bond acceptors (Lipinski definition) is 5. The summed E-state index contributed by atoms with van der Waals surface area (Å²) >= 11 is 12.3. The van der Waals surface area contributed by atoms with Gasteiger partial charge in [0.2, 0.25) is 12.0 Å². The first-order valence-electron chi connectivity index (χ1n) is 8.90. The number of methoxy groups -OCH3 is 1. The molecule has 0 fully saturated rings. The summed E-state index contributed by atoms with van der Waals surface area (Å²) in [5.74, 6) is 1.26. The average Bonchev–Trinajstić information content (AvgIpc) is 3.08. The quantitative estimate of drug-likeness (QED) is 0.425. The van der Waals surface area contributed by atoms with E-state index in [0.29, 0.717) is 38.4 Å². The summed E-state index contributed by atoms with van der Waals surface area (Å²) < 4.78 is 17.2. The SMILES string of the molecule is CCCCCC1Oc2c(OC)ccc(C(=O)Cc3c(Cl)cncc3Cl)c2O1. The predicted octanol–water partition coefficient (Wildman–Crippen LogP) is 5.50. The summed E-state index contributed by atoms with van der Waals surface area (Å²) in [4.78, 5) is 16.8. The summed E-state index contributed by atoms with van der Waals surface area (Å²) in [6, 6.07) is 3.39. The minimum absolute atomic E-state index is 0.0445. The van der Waals surface area contributed by atoms with E-state index in [1.807, 2.05) is 0 Å². The minimum atomic E-state index is -0.414. The number of ketones is 1. The molecule has 1 aromatic carbocycles. The molecule has 0 aliphatic carbocycles. The van der Waals surface area contributed by atoms with Crippen LogP contribution in [0.4, 0.5) is 0 Å². The van der Waals surface area contributed by atoms with Crippen molar-refractivity contribution < 1.29 is 19.0 Å². The van der Waals surface area contributed by atoms with Gasteiger partial charge in [-0.05, 0) is 18.6 Å². The largest absolute Gasteiger partial charge is 0.493 e. The molecule has 0 spiro atoms. The zero-order valence-corrected chi connectivity index (χ0v) is 16.8. The van der Waals surface area contributed by atoms with E-state index in [4.69, 9.17) is 37.4 Å². The number of benzene rings is 1. The van der Waals surface area contributed by atoms with Crippen LogP contribution >= 0.6 is 23.2 Å². The zero-order chi connectivity index (χ0) is 19.4. The van der Waals surface area contributed by atoms with Crippen molar-refractivity contribution >= 4 is 29.0 Å². The summed E-state index contributed by atoms with van der Waals surface area (Å²) in [6.45, 7) is 2.14. The molecule has 1 atom stereocenters. The van der Waals surface area contributed by atoms with Crippen LogP contribution < -0.4 is 14.2 Å². The van der Waals surface area contributed by atoms with Crippen molar-refractivity contribution in [2.24, 2.45) is 0 Å². The molecule has 5 nitrogen and oxygen atoms in total. The number of carbonyl (C=O) groups excluding carboxylic acids is 1. The van der Waals surface area contributed by atoms with E-state index in [2.05, 4.69) is 11.9 Å². The van der Waals surface area contributed by atoms with Crippen molar-refractivity contribution in [3.63, 3.8) is 0 Å². The van der Waals surface area contributed by atoms with Gasteiger partial charge in [0.1, 0.15) is 0 Å². The Labute approximate surface area is 168 Å². The first-order chi connectivity index (χ1) is 13.0. The van der Waals surface area contributed by atoms with Crippen molar-refractivity contribution in [3.05, 3.63) is 45.7 Å². The van der Waals surface area contributed by atoms with Crippen molar-refractivity contribution in [1.29, 1.82) is 0 Å². The van der Waals surface area contributed by atoms with E-state index in [-0.39, 0.29) is 12.2 Å². The minimum Gasteiger partial charge on any atom is -0.493 e. The van der Waals surface area contributed by atoms with E-state index >= 15 is 0 Å². The summed E-state index contributed by atoms with van der Waals surface area (Å²) in [5.41, 5.74) is 0.967. The van der Waals surface area contributed by atoms with Crippen LogP contribution in [0.3, 0.4) is 0 Å². The van der Waals surface area contributed by atoms with Crippen LogP contribution in [0.5, 0.6) is 17.2 Å². The Kier molecular flexibility index (Phi) is 6.45. The molecule has 0 N–H and O–H groups in total. The normalized spacial score (nSPS) is 15.0. The van der Waals surface area contributed by atoms with Crippen molar-refractivity contribution in [2.75, 3.05) is 7.11 Å². The lowest BCUT2D eigenvalue weighted by atomic mass is 10.0. The molecule has 0 bridgehead atoms. The van der Waals surface area contributed by atoms with E-state index < -0.39 is 6.29 Å². The first-order valence-corrected chi connectivity index (χ1v) is 9.66. The molecule has 1 aromatic heterocycles. The highest BCUT2D eigenvalue weighted by atomic mass is 35.5. The molecule has 1 aliphatic heterocycles. The first kappa shape index (κ1) is 19.8. The number of hydrogen-bond donors (Lipinski definition) is 0. The average molecular weight is 410 g/mol. The highest BCUT2D eigenvalue weighted by molar-refractivity contribution is 6.36. The Morgan fingerprint density at radius 2 is 1.85 bits per heavy atom. The van der Waals surface area contributed by atoms with E-state index in [1.165, 1.54) is 12.4 Å². The molecule has 2 aromatic rings. The number of halogens is 2. The third-order valence-electron chi connectivity index (χ3n) is 4.43. The third kappa shape index (κ3) is 4.30. The van der Waals surface area contributed by atoms with Gasteiger partial charge < -0.3 is 14.2 Å². The highest BCUT2D eigenvalue weighted by Crippen LogP contribution is 2.46. The number of unbranched alkanes of at least 4 members (excludes halogenated alkanes) is 2. The molecule has 27 heavy (non-hydrogen) atoms. The number of carbonyl (C=O) groups is 1. The van der Waals surface area contributed by atoms with Crippen LogP contribution in [0.15, 0.2) is 24.5 Å². The number of rotatable bonds is 8. The topological polar surface area (TPSA) is 57.7 Å². The molecule has 1 unspecified atom stereocenters. The van der Waals surface area contributed by atoms with Gasteiger partial charge >= 0.3 is 0 Å². The van der Waals surface area contributed by atoms with E-state index in [9.17, 15) is 4.79 Å². The van der Waals surface area contributed by atoms with Gasteiger partial charge in [-0.2, -0.15) is 0 Å². The molecular weight excluding hydrogens is 389 g/mol. The summed E-state index contributed by atoms with van der Waals surface area (Å²) in [6.07, 6.45) is 6.52. The van der Waals surface area contributed by atoms with Gasteiger partial charge in [-0.15, -0.1) is 0 Å². The second-order valence-corrected chi connectivity index (χ2v) is 7.13. The van der Waals surface area contributed by atoms with Gasteiger partial charge in [0.05, 0.1) is 22.7 Å². The Bertz CT molecular complexity index is 821. The maximum absolute atomic E-state index is 12.9. The van der Waals surface area contributed by atoms with Crippen LogP contribution in [-0.2, 0) is 6.42 Å². The number of fused-ring (bicyclic) bond motifs is 1. The van der Waals surface area contributed by atoms with E-state index in [0.717, 1.165) is 25.7 Å². The van der Waals surface area contributed by atoms with Crippen molar-refractivity contribution in [3.8, 4) is 17.2 Å². The Balaban J connectivity index is 1.85. The molecule has 144 valence electrons. The molecule has 0 radical (unpaired) electrons. The lowest BCUT2D eigenvalue weighted by Crippen LogP contribution is -2.18. The van der Waals surface area contributed by atoms with Gasteiger partial charge in [0, 0.05) is 30.8 Å². The summed E-state index contributed by atoms with van der Waals surface area (Å²) in [7, 11) is 1.56. The van der Waals surface area contributed by atoms with Crippen LogP contribution in [-0.4, -0.2) is 24.2 Å².